The first-order valence-electron chi connectivity index (χ1n) is 9.09. The molecule has 0 saturated carbocycles. The minimum atomic E-state index is -0.321. The highest BCUT2D eigenvalue weighted by atomic mass is 16.5. The highest BCUT2D eigenvalue weighted by Gasteiger charge is 2.11. The summed E-state index contributed by atoms with van der Waals surface area (Å²) in [7, 11) is 0. The normalized spacial score (nSPS) is 10.8. The zero-order valence-corrected chi connectivity index (χ0v) is 15.5. The van der Waals surface area contributed by atoms with Crippen molar-refractivity contribution >= 4 is 23.0 Å². The molecule has 0 saturated heterocycles. The van der Waals surface area contributed by atoms with Crippen LogP contribution in [0.3, 0.4) is 0 Å². The Morgan fingerprint density at radius 1 is 1.04 bits per heavy atom. The second kappa shape index (κ2) is 7.96. The van der Waals surface area contributed by atoms with Gasteiger partial charge in [-0.25, -0.2) is 0 Å². The number of fused-ring (bicyclic) bond motifs is 1. The van der Waals surface area contributed by atoms with Gasteiger partial charge in [0.25, 0.3) is 5.91 Å². The molecule has 0 spiro atoms. The van der Waals surface area contributed by atoms with Crippen LogP contribution in [0.25, 0.3) is 11.1 Å². The number of oxazole rings is 1. The maximum Gasteiger partial charge on any atom is 0.302 e. The second-order valence-electron chi connectivity index (χ2n) is 6.60. The fourth-order valence-electron chi connectivity index (χ4n) is 2.99. The van der Waals surface area contributed by atoms with Crippen molar-refractivity contribution in [2.75, 3.05) is 11.9 Å². The van der Waals surface area contributed by atoms with Crippen LogP contribution in [0, 0.1) is 6.92 Å². The van der Waals surface area contributed by atoms with E-state index in [1.54, 1.807) is 0 Å². The lowest BCUT2D eigenvalue weighted by atomic mass is 10.0. The SMILES string of the molecule is Cc1ccc2nc(NC(=O)COc3ccccc3Cc3ccccc3)oc2c1. The molecule has 4 aromatic rings. The number of carbonyl (C=O) groups excluding carboxylic acids is 1. The van der Waals surface area contributed by atoms with E-state index in [1.165, 1.54) is 5.56 Å². The number of benzene rings is 3. The molecule has 1 N–H and O–H groups in total. The van der Waals surface area contributed by atoms with Gasteiger partial charge in [0.05, 0.1) is 0 Å². The smallest absolute Gasteiger partial charge is 0.302 e. The maximum atomic E-state index is 12.3. The van der Waals surface area contributed by atoms with Crippen LogP contribution in [0.1, 0.15) is 16.7 Å². The van der Waals surface area contributed by atoms with E-state index in [4.69, 9.17) is 9.15 Å². The molecule has 140 valence electrons. The quantitative estimate of drug-likeness (QED) is 0.531. The van der Waals surface area contributed by atoms with Crippen molar-refractivity contribution in [3.05, 3.63) is 89.5 Å². The van der Waals surface area contributed by atoms with E-state index < -0.39 is 0 Å². The van der Waals surface area contributed by atoms with Crippen LogP contribution in [-0.2, 0) is 11.2 Å². The van der Waals surface area contributed by atoms with E-state index in [9.17, 15) is 4.79 Å². The number of ether oxygens (including phenoxy) is 1. The molecule has 0 aliphatic carbocycles. The Morgan fingerprint density at radius 3 is 2.68 bits per heavy atom. The molecule has 0 bridgehead atoms. The van der Waals surface area contributed by atoms with Crippen LogP contribution in [0.15, 0.2) is 77.2 Å². The molecule has 0 fully saturated rings. The summed E-state index contributed by atoms with van der Waals surface area (Å²) >= 11 is 0. The fourth-order valence-corrected chi connectivity index (χ4v) is 2.99. The zero-order chi connectivity index (χ0) is 19.3. The van der Waals surface area contributed by atoms with Crippen LogP contribution in [0.4, 0.5) is 6.01 Å². The zero-order valence-electron chi connectivity index (χ0n) is 15.5. The molecule has 3 aromatic carbocycles. The number of para-hydroxylation sites is 1. The molecule has 5 nitrogen and oxygen atoms in total. The predicted molar refractivity (Wildman–Crippen MR) is 109 cm³/mol. The molecule has 4 rings (SSSR count). The molecular formula is C23H20N2O3. The predicted octanol–water partition coefficient (Wildman–Crippen LogP) is 4.74. The van der Waals surface area contributed by atoms with Gasteiger partial charge >= 0.3 is 6.01 Å². The standard InChI is InChI=1S/C23H20N2O3/c1-16-11-12-19-21(13-16)28-23(24-19)25-22(26)15-27-20-10-6-5-9-18(20)14-17-7-3-2-4-8-17/h2-13H,14-15H2,1H3,(H,24,25,26). The molecule has 28 heavy (non-hydrogen) atoms. The second-order valence-corrected chi connectivity index (χ2v) is 6.60. The lowest BCUT2D eigenvalue weighted by molar-refractivity contribution is -0.118. The van der Waals surface area contributed by atoms with Crippen LogP contribution in [0.2, 0.25) is 0 Å². The fraction of sp³-hybridized carbons (Fsp3) is 0.130. The number of aryl methyl sites for hydroxylation is 1. The number of nitrogens with zero attached hydrogens (tertiary/aromatic N) is 1. The van der Waals surface area contributed by atoms with E-state index in [-0.39, 0.29) is 18.5 Å². The van der Waals surface area contributed by atoms with E-state index in [0.717, 1.165) is 17.5 Å². The molecule has 1 heterocycles. The number of amides is 1. The van der Waals surface area contributed by atoms with Crippen LogP contribution in [-0.4, -0.2) is 17.5 Å². The van der Waals surface area contributed by atoms with Gasteiger partial charge in [0.15, 0.2) is 12.2 Å². The van der Waals surface area contributed by atoms with Crippen molar-refractivity contribution in [1.82, 2.24) is 4.98 Å². The van der Waals surface area contributed by atoms with Gasteiger partial charge in [0.2, 0.25) is 0 Å². The van der Waals surface area contributed by atoms with Crippen LogP contribution in [0.5, 0.6) is 5.75 Å². The van der Waals surface area contributed by atoms with Gasteiger partial charge < -0.3 is 9.15 Å². The highest BCUT2D eigenvalue weighted by Crippen LogP contribution is 2.22. The van der Waals surface area contributed by atoms with Gasteiger partial charge in [-0.1, -0.05) is 54.6 Å². The Kier molecular flexibility index (Phi) is 5.06. The van der Waals surface area contributed by atoms with Crippen molar-refractivity contribution < 1.29 is 13.9 Å². The molecular weight excluding hydrogens is 352 g/mol. The number of hydrogen-bond acceptors (Lipinski definition) is 4. The molecule has 1 amide bonds. The number of carbonyl (C=O) groups is 1. The minimum absolute atomic E-state index is 0.121. The lowest BCUT2D eigenvalue weighted by Crippen LogP contribution is -2.20. The average molecular weight is 372 g/mol. The Balaban J connectivity index is 1.40. The van der Waals surface area contributed by atoms with Gasteiger partial charge in [0, 0.05) is 6.42 Å². The number of nitrogens with one attached hydrogen (secondary N) is 1. The summed E-state index contributed by atoms with van der Waals surface area (Å²) < 4.78 is 11.3. The van der Waals surface area contributed by atoms with Gasteiger partial charge in [-0.15, -0.1) is 0 Å². The number of aromatic nitrogens is 1. The number of hydrogen-bond donors (Lipinski definition) is 1. The summed E-state index contributed by atoms with van der Waals surface area (Å²) in [6, 6.07) is 23.7. The average Bonchev–Trinajstić information content (AvgIpc) is 3.09. The first kappa shape index (κ1) is 17.8. The number of rotatable bonds is 6. The molecule has 0 atom stereocenters. The van der Waals surface area contributed by atoms with Gasteiger partial charge in [-0.2, -0.15) is 4.98 Å². The largest absolute Gasteiger partial charge is 0.483 e. The maximum absolute atomic E-state index is 12.3. The first-order valence-corrected chi connectivity index (χ1v) is 9.09. The van der Waals surface area contributed by atoms with Crippen molar-refractivity contribution in [1.29, 1.82) is 0 Å². The Hall–Kier alpha value is -3.60. The molecule has 0 unspecified atom stereocenters. The van der Waals surface area contributed by atoms with Crippen molar-refractivity contribution in [2.24, 2.45) is 0 Å². The summed E-state index contributed by atoms with van der Waals surface area (Å²) in [5.41, 5.74) is 4.63. The third kappa shape index (κ3) is 4.20. The lowest BCUT2D eigenvalue weighted by Gasteiger charge is -2.11. The molecule has 0 radical (unpaired) electrons. The molecule has 0 aliphatic heterocycles. The van der Waals surface area contributed by atoms with E-state index in [0.29, 0.717) is 16.8 Å². The third-order valence-corrected chi connectivity index (χ3v) is 4.36. The number of anilines is 1. The Bertz CT molecular complexity index is 1100. The third-order valence-electron chi connectivity index (χ3n) is 4.36. The minimum Gasteiger partial charge on any atom is -0.483 e. The summed E-state index contributed by atoms with van der Waals surface area (Å²) in [5, 5.41) is 2.65. The Morgan fingerprint density at radius 2 is 1.82 bits per heavy atom. The monoisotopic (exact) mass is 372 g/mol. The van der Waals surface area contributed by atoms with Crippen molar-refractivity contribution in [3.63, 3.8) is 0 Å². The summed E-state index contributed by atoms with van der Waals surface area (Å²) in [6.07, 6.45) is 0.739. The highest BCUT2D eigenvalue weighted by molar-refractivity contribution is 5.91. The van der Waals surface area contributed by atoms with Gasteiger partial charge in [-0.05, 0) is 41.8 Å². The topological polar surface area (TPSA) is 64.4 Å². The molecule has 5 heteroatoms. The van der Waals surface area contributed by atoms with Gasteiger partial charge in [-0.3, -0.25) is 10.1 Å². The molecule has 0 aliphatic rings. The summed E-state index contributed by atoms with van der Waals surface area (Å²) in [4.78, 5) is 16.5. The van der Waals surface area contributed by atoms with Gasteiger partial charge in [0.1, 0.15) is 11.3 Å². The first-order chi connectivity index (χ1) is 13.7. The van der Waals surface area contributed by atoms with Crippen LogP contribution >= 0.6 is 0 Å². The Labute approximate surface area is 163 Å². The summed E-state index contributed by atoms with van der Waals surface area (Å²) in [6.45, 7) is 1.85. The van der Waals surface area contributed by atoms with E-state index in [1.807, 2.05) is 67.6 Å². The molecule has 1 aromatic heterocycles. The van der Waals surface area contributed by atoms with E-state index >= 15 is 0 Å². The van der Waals surface area contributed by atoms with Crippen LogP contribution < -0.4 is 10.1 Å². The van der Waals surface area contributed by atoms with Crippen molar-refractivity contribution in [3.8, 4) is 5.75 Å². The summed E-state index contributed by atoms with van der Waals surface area (Å²) in [5.74, 6) is 0.368. The van der Waals surface area contributed by atoms with E-state index in [2.05, 4.69) is 22.4 Å². The van der Waals surface area contributed by atoms with Crippen molar-refractivity contribution in [2.45, 2.75) is 13.3 Å².